The Morgan fingerprint density at radius 2 is 2.21 bits per heavy atom. The third-order valence-corrected chi connectivity index (χ3v) is 1.75. The van der Waals surface area contributed by atoms with E-state index in [1.165, 1.54) is 12.1 Å². The number of phenolic OH excluding ortho intramolecular Hbond substituents is 1. The van der Waals surface area contributed by atoms with Crippen LogP contribution in [0.4, 0.5) is 4.39 Å². The molecular formula is C9H10ClFN2O. The molecule has 5 heteroatoms. The van der Waals surface area contributed by atoms with Crippen molar-refractivity contribution in [3.63, 3.8) is 0 Å². The summed E-state index contributed by atoms with van der Waals surface area (Å²) in [5.41, 5.74) is 5.75. The van der Waals surface area contributed by atoms with Crippen molar-refractivity contribution in [3.05, 3.63) is 29.3 Å². The van der Waals surface area contributed by atoms with E-state index in [1.54, 1.807) is 12.1 Å². The van der Waals surface area contributed by atoms with Gasteiger partial charge in [-0.15, -0.1) is 12.4 Å². The molecule has 1 rings (SSSR count). The average Bonchev–Trinajstić information content (AvgIpc) is 2.17. The molecule has 3 nitrogen and oxygen atoms in total. The Morgan fingerprint density at radius 1 is 1.57 bits per heavy atom. The minimum Gasteiger partial charge on any atom is -0.506 e. The largest absolute Gasteiger partial charge is 0.506 e. The Hall–Kier alpha value is -1.31. The van der Waals surface area contributed by atoms with Gasteiger partial charge in [0.05, 0.1) is 11.6 Å². The standard InChI is InChI=1S/C9H9FN2O.ClH/c10-4-8(12)7-3-1-2-6(5-11)9(7)13;/h1-3,8,13H,4,12H2;1H/t8-;/m0./s1. The predicted molar refractivity (Wildman–Crippen MR) is 53.0 cm³/mol. The van der Waals surface area contributed by atoms with Crippen molar-refractivity contribution in [3.8, 4) is 11.8 Å². The van der Waals surface area contributed by atoms with Crippen molar-refractivity contribution in [2.45, 2.75) is 6.04 Å². The molecule has 0 saturated carbocycles. The molecule has 0 fully saturated rings. The lowest BCUT2D eigenvalue weighted by Gasteiger charge is -2.09. The average molecular weight is 217 g/mol. The van der Waals surface area contributed by atoms with Gasteiger partial charge in [-0.1, -0.05) is 12.1 Å². The van der Waals surface area contributed by atoms with Crippen molar-refractivity contribution in [2.75, 3.05) is 6.67 Å². The summed E-state index contributed by atoms with van der Waals surface area (Å²) in [5, 5.41) is 18.0. The number of nitrogens with two attached hydrogens (primary N) is 1. The van der Waals surface area contributed by atoms with Gasteiger partial charge in [0.15, 0.2) is 0 Å². The molecule has 76 valence electrons. The first-order chi connectivity index (χ1) is 6.20. The maximum atomic E-state index is 12.2. The maximum Gasteiger partial charge on any atom is 0.138 e. The van der Waals surface area contributed by atoms with Crippen LogP contribution in [0.3, 0.4) is 0 Å². The minimum atomic E-state index is -0.867. The normalized spacial score (nSPS) is 11.2. The Morgan fingerprint density at radius 3 is 2.71 bits per heavy atom. The number of alkyl halides is 1. The highest BCUT2D eigenvalue weighted by Crippen LogP contribution is 2.26. The second-order valence-electron chi connectivity index (χ2n) is 2.62. The Labute approximate surface area is 87.4 Å². The van der Waals surface area contributed by atoms with E-state index in [9.17, 15) is 9.50 Å². The first kappa shape index (κ1) is 12.7. The van der Waals surface area contributed by atoms with Gasteiger partial charge in [0.1, 0.15) is 18.5 Å². The number of nitriles is 1. The molecule has 0 unspecified atom stereocenters. The summed E-state index contributed by atoms with van der Waals surface area (Å²) in [6.45, 7) is -0.761. The van der Waals surface area contributed by atoms with Gasteiger partial charge in [-0.25, -0.2) is 4.39 Å². The molecule has 0 aliphatic rings. The first-order valence-corrected chi connectivity index (χ1v) is 3.74. The van der Waals surface area contributed by atoms with Crippen LogP contribution in [0, 0.1) is 11.3 Å². The van der Waals surface area contributed by atoms with Crippen molar-refractivity contribution in [1.29, 1.82) is 5.26 Å². The monoisotopic (exact) mass is 216 g/mol. The molecule has 0 saturated heterocycles. The van der Waals surface area contributed by atoms with E-state index in [0.29, 0.717) is 0 Å². The van der Waals surface area contributed by atoms with Crippen LogP contribution < -0.4 is 5.73 Å². The van der Waals surface area contributed by atoms with Crippen LogP contribution in [0.25, 0.3) is 0 Å². The van der Waals surface area contributed by atoms with Crippen LogP contribution in [0.2, 0.25) is 0 Å². The smallest absolute Gasteiger partial charge is 0.138 e. The van der Waals surface area contributed by atoms with Gasteiger partial charge in [0.2, 0.25) is 0 Å². The van der Waals surface area contributed by atoms with E-state index >= 15 is 0 Å². The molecule has 0 aromatic heterocycles. The van der Waals surface area contributed by atoms with Gasteiger partial charge >= 0.3 is 0 Å². The van der Waals surface area contributed by atoms with Gasteiger partial charge in [-0.05, 0) is 6.07 Å². The molecule has 0 bridgehead atoms. The highest BCUT2D eigenvalue weighted by molar-refractivity contribution is 5.85. The summed E-state index contributed by atoms with van der Waals surface area (Å²) in [4.78, 5) is 0. The molecule has 1 aromatic carbocycles. The predicted octanol–water partition coefficient (Wildman–Crippen LogP) is 1.65. The number of phenols is 1. The molecule has 0 spiro atoms. The summed E-state index contributed by atoms with van der Waals surface area (Å²) in [6, 6.07) is 5.43. The van der Waals surface area contributed by atoms with Crippen molar-refractivity contribution in [1.82, 2.24) is 0 Å². The molecule has 1 atom stereocenters. The van der Waals surface area contributed by atoms with Gasteiger partial charge in [0, 0.05) is 5.56 Å². The molecule has 0 radical (unpaired) electrons. The zero-order valence-electron chi connectivity index (χ0n) is 7.27. The van der Waals surface area contributed by atoms with E-state index < -0.39 is 12.7 Å². The van der Waals surface area contributed by atoms with E-state index in [4.69, 9.17) is 11.0 Å². The molecule has 0 heterocycles. The number of hydrogen-bond donors (Lipinski definition) is 2. The Balaban J connectivity index is 0.00000169. The first-order valence-electron chi connectivity index (χ1n) is 3.74. The van der Waals surface area contributed by atoms with Crippen LogP contribution in [0.1, 0.15) is 17.2 Å². The van der Waals surface area contributed by atoms with Crippen LogP contribution >= 0.6 is 12.4 Å². The maximum absolute atomic E-state index is 12.2. The van der Waals surface area contributed by atoms with Crippen LogP contribution in [-0.2, 0) is 0 Å². The lowest BCUT2D eigenvalue weighted by Crippen LogP contribution is -2.12. The fourth-order valence-corrected chi connectivity index (χ4v) is 1.03. The summed E-state index contributed by atoms with van der Waals surface area (Å²) in [6.07, 6.45) is 0. The second kappa shape index (κ2) is 5.43. The molecule has 14 heavy (non-hydrogen) atoms. The third-order valence-electron chi connectivity index (χ3n) is 1.75. The lowest BCUT2D eigenvalue weighted by atomic mass is 10.0. The highest BCUT2D eigenvalue weighted by atomic mass is 35.5. The molecule has 0 aliphatic heterocycles. The van der Waals surface area contributed by atoms with E-state index in [-0.39, 0.29) is 29.3 Å². The molecular weight excluding hydrogens is 207 g/mol. The number of rotatable bonds is 2. The zero-order chi connectivity index (χ0) is 9.84. The lowest BCUT2D eigenvalue weighted by molar-refractivity contribution is 0.414. The van der Waals surface area contributed by atoms with Gasteiger partial charge in [0.25, 0.3) is 0 Å². The minimum absolute atomic E-state index is 0. The highest BCUT2D eigenvalue weighted by Gasteiger charge is 2.12. The van der Waals surface area contributed by atoms with Crippen molar-refractivity contribution < 1.29 is 9.50 Å². The Kier molecular flexibility index (Phi) is 4.92. The molecule has 0 amide bonds. The van der Waals surface area contributed by atoms with E-state index in [0.717, 1.165) is 0 Å². The number of halogens is 2. The Bertz CT molecular complexity index is 351. The van der Waals surface area contributed by atoms with Gasteiger partial charge in [-0.3, -0.25) is 0 Å². The van der Waals surface area contributed by atoms with Gasteiger partial charge in [-0.2, -0.15) is 5.26 Å². The quantitative estimate of drug-likeness (QED) is 0.790. The zero-order valence-corrected chi connectivity index (χ0v) is 8.09. The topological polar surface area (TPSA) is 70.0 Å². The number of para-hydroxylation sites is 1. The van der Waals surface area contributed by atoms with Crippen LogP contribution in [-0.4, -0.2) is 11.8 Å². The number of benzene rings is 1. The van der Waals surface area contributed by atoms with Crippen LogP contribution in [0.5, 0.6) is 5.75 Å². The number of aromatic hydroxyl groups is 1. The third kappa shape index (κ3) is 2.34. The van der Waals surface area contributed by atoms with E-state index in [2.05, 4.69) is 0 Å². The van der Waals surface area contributed by atoms with Crippen molar-refractivity contribution >= 4 is 12.4 Å². The van der Waals surface area contributed by atoms with Crippen LogP contribution in [0.15, 0.2) is 18.2 Å². The molecule has 0 aliphatic carbocycles. The van der Waals surface area contributed by atoms with Crippen molar-refractivity contribution in [2.24, 2.45) is 5.73 Å². The summed E-state index contributed by atoms with van der Waals surface area (Å²) in [7, 11) is 0. The van der Waals surface area contributed by atoms with E-state index in [1.807, 2.05) is 0 Å². The fourth-order valence-electron chi connectivity index (χ4n) is 1.03. The molecule has 1 aromatic rings. The number of nitrogens with zero attached hydrogens (tertiary/aromatic N) is 1. The summed E-state index contributed by atoms with van der Waals surface area (Å²) in [5.74, 6) is -0.227. The number of hydrogen-bond acceptors (Lipinski definition) is 3. The molecule has 3 N–H and O–H groups in total. The SMILES string of the molecule is Cl.N#Cc1cccc([C@@H](N)CF)c1O. The summed E-state index contributed by atoms with van der Waals surface area (Å²) >= 11 is 0. The summed E-state index contributed by atoms with van der Waals surface area (Å²) < 4.78 is 12.2. The van der Waals surface area contributed by atoms with Gasteiger partial charge < -0.3 is 10.8 Å². The fraction of sp³-hybridized carbons (Fsp3) is 0.222. The second-order valence-corrected chi connectivity index (χ2v) is 2.62.